The number of methoxy groups -OCH3 is 1. The Kier molecular flexibility index (Phi) is 6.01. The number of ether oxygens (including phenoxy) is 1. The van der Waals surface area contributed by atoms with Gasteiger partial charge in [0.1, 0.15) is 5.75 Å². The molecule has 1 atom stereocenters. The minimum absolute atomic E-state index is 0.0126. The van der Waals surface area contributed by atoms with Gasteiger partial charge in [0.05, 0.1) is 18.0 Å². The Labute approximate surface area is 156 Å². The minimum atomic E-state index is -0.118. The van der Waals surface area contributed by atoms with Gasteiger partial charge in [-0.2, -0.15) is 4.98 Å². The second kappa shape index (κ2) is 8.62. The Bertz CT molecular complexity index is 845. The summed E-state index contributed by atoms with van der Waals surface area (Å²) in [4.78, 5) is 17.5. The van der Waals surface area contributed by atoms with E-state index in [1.54, 1.807) is 18.4 Å². The van der Waals surface area contributed by atoms with Crippen molar-refractivity contribution in [2.75, 3.05) is 7.11 Å². The van der Waals surface area contributed by atoms with Crippen LogP contribution in [0, 0.1) is 0 Å². The first-order chi connectivity index (χ1) is 12.7. The lowest BCUT2D eigenvalue weighted by Gasteiger charge is -2.17. The van der Waals surface area contributed by atoms with Gasteiger partial charge in [0.2, 0.25) is 17.6 Å². The van der Waals surface area contributed by atoms with Crippen LogP contribution >= 0.6 is 11.3 Å². The molecule has 1 amide bonds. The molecular formula is C19H21N3O3S. The molecule has 0 spiro atoms. The van der Waals surface area contributed by atoms with Crippen LogP contribution in [-0.2, 0) is 11.2 Å². The van der Waals surface area contributed by atoms with E-state index in [1.807, 2.05) is 48.7 Å². The fraction of sp³-hybridized carbons (Fsp3) is 0.316. The monoisotopic (exact) mass is 371 g/mol. The van der Waals surface area contributed by atoms with Gasteiger partial charge in [0.15, 0.2) is 0 Å². The average molecular weight is 371 g/mol. The first kappa shape index (κ1) is 18.1. The van der Waals surface area contributed by atoms with Crippen LogP contribution in [0.25, 0.3) is 10.7 Å². The van der Waals surface area contributed by atoms with Gasteiger partial charge in [-0.05, 0) is 30.9 Å². The molecule has 0 saturated heterocycles. The SMILES string of the molecule is COc1ccccc1C(C)NC(=O)CCCc1nc(-c2cccs2)no1. The lowest BCUT2D eigenvalue weighted by atomic mass is 10.1. The molecule has 0 aliphatic carbocycles. The highest BCUT2D eigenvalue weighted by molar-refractivity contribution is 7.13. The largest absolute Gasteiger partial charge is 0.496 e. The standard InChI is InChI=1S/C19H21N3O3S/c1-13(14-7-3-4-8-15(14)24-2)20-17(23)10-5-11-18-21-19(22-25-18)16-9-6-12-26-16/h3-4,6-9,12-13H,5,10-11H2,1-2H3,(H,20,23). The average Bonchev–Trinajstić information content (AvgIpc) is 3.33. The Balaban J connectivity index is 1.47. The van der Waals surface area contributed by atoms with Gasteiger partial charge in [0.25, 0.3) is 0 Å². The second-order valence-corrected chi connectivity index (χ2v) is 6.82. The summed E-state index contributed by atoms with van der Waals surface area (Å²) < 4.78 is 10.6. The Hall–Kier alpha value is -2.67. The zero-order valence-electron chi connectivity index (χ0n) is 14.8. The van der Waals surface area contributed by atoms with Crippen LogP contribution in [0.2, 0.25) is 0 Å². The van der Waals surface area contributed by atoms with Crippen molar-refractivity contribution in [2.24, 2.45) is 0 Å². The lowest BCUT2D eigenvalue weighted by Crippen LogP contribution is -2.26. The smallest absolute Gasteiger partial charge is 0.226 e. The molecule has 0 fully saturated rings. The predicted octanol–water partition coefficient (Wildman–Crippen LogP) is 4.01. The maximum absolute atomic E-state index is 12.2. The van der Waals surface area contributed by atoms with Gasteiger partial charge in [-0.1, -0.05) is 29.4 Å². The zero-order chi connectivity index (χ0) is 18.4. The van der Waals surface area contributed by atoms with Crippen molar-refractivity contribution in [3.8, 4) is 16.5 Å². The molecule has 26 heavy (non-hydrogen) atoms. The number of hydrogen-bond acceptors (Lipinski definition) is 6. The number of para-hydroxylation sites is 1. The molecule has 0 saturated carbocycles. The topological polar surface area (TPSA) is 77.2 Å². The van der Waals surface area contributed by atoms with Crippen molar-refractivity contribution in [3.05, 3.63) is 53.2 Å². The number of aryl methyl sites for hydroxylation is 1. The molecule has 1 unspecified atom stereocenters. The van der Waals surface area contributed by atoms with Crippen LogP contribution in [0.5, 0.6) is 5.75 Å². The van der Waals surface area contributed by atoms with Crippen molar-refractivity contribution in [1.82, 2.24) is 15.5 Å². The summed E-state index contributed by atoms with van der Waals surface area (Å²) in [5.74, 6) is 1.91. The number of nitrogens with zero attached hydrogens (tertiary/aromatic N) is 2. The summed E-state index contributed by atoms with van der Waals surface area (Å²) in [6.45, 7) is 1.95. The Morgan fingerprint density at radius 3 is 2.92 bits per heavy atom. The molecule has 7 heteroatoms. The maximum Gasteiger partial charge on any atom is 0.226 e. The van der Waals surface area contributed by atoms with E-state index < -0.39 is 0 Å². The van der Waals surface area contributed by atoms with E-state index in [1.165, 1.54) is 0 Å². The fourth-order valence-electron chi connectivity index (χ4n) is 2.68. The van der Waals surface area contributed by atoms with Crippen molar-refractivity contribution < 1.29 is 14.1 Å². The number of thiophene rings is 1. The molecule has 0 radical (unpaired) electrons. The zero-order valence-corrected chi connectivity index (χ0v) is 15.6. The molecule has 2 heterocycles. The molecule has 0 bridgehead atoms. The second-order valence-electron chi connectivity index (χ2n) is 5.87. The third-order valence-electron chi connectivity index (χ3n) is 3.99. The van der Waals surface area contributed by atoms with Gasteiger partial charge < -0.3 is 14.6 Å². The van der Waals surface area contributed by atoms with E-state index in [-0.39, 0.29) is 11.9 Å². The number of rotatable bonds is 8. The third-order valence-corrected chi connectivity index (χ3v) is 4.85. The van der Waals surface area contributed by atoms with Crippen LogP contribution < -0.4 is 10.1 Å². The molecule has 0 aliphatic rings. The quantitative estimate of drug-likeness (QED) is 0.647. The highest BCUT2D eigenvalue weighted by atomic mass is 32.1. The molecule has 1 aromatic carbocycles. The highest BCUT2D eigenvalue weighted by Crippen LogP contribution is 2.24. The van der Waals surface area contributed by atoms with Crippen LogP contribution in [0.4, 0.5) is 0 Å². The van der Waals surface area contributed by atoms with Crippen LogP contribution in [0.1, 0.15) is 37.3 Å². The number of carbonyl (C=O) groups excluding carboxylic acids is 1. The number of hydrogen-bond donors (Lipinski definition) is 1. The van der Waals surface area contributed by atoms with Gasteiger partial charge in [0, 0.05) is 18.4 Å². The van der Waals surface area contributed by atoms with Crippen LogP contribution in [0.15, 0.2) is 46.3 Å². The first-order valence-corrected chi connectivity index (χ1v) is 9.34. The van der Waals surface area contributed by atoms with Gasteiger partial charge in [-0.25, -0.2) is 0 Å². The minimum Gasteiger partial charge on any atom is -0.496 e. The van der Waals surface area contributed by atoms with E-state index in [0.29, 0.717) is 31.0 Å². The van der Waals surface area contributed by atoms with Gasteiger partial charge >= 0.3 is 0 Å². The van der Waals surface area contributed by atoms with Gasteiger partial charge in [-0.15, -0.1) is 11.3 Å². The predicted molar refractivity (Wildman–Crippen MR) is 100 cm³/mol. The summed E-state index contributed by atoms with van der Waals surface area (Å²) in [7, 11) is 1.63. The molecule has 1 N–H and O–H groups in total. The van der Waals surface area contributed by atoms with E-state index >= 15 is 0 Å². The van der Waals surface area contributed by atoms with Crippen LogP contribution in [-0.4, -0.2) is 23.2 Å². The first-order valence-electron chi connectivity index (χ1n) is 8.46. The van der Waals surface area contributed by atoms with Crippen molar-refractivity contribution in [2.45, 2.75) is 32.2 Å². The summed E-state index contributed by atoms with van der Waals surface area (Å²) in [6, 6.07) is 11.5. The Morgan fingerprint density at radius 2 is 2.15 bits per heavy atom. The lowest BCUT2D eigenvalue weighted by molar-refractivity contribution is -0.121. The highest BCUT2D eigenvalue weighted by Gasteiger charge is 2.14. The number of benzene rings is 1. The molecule has 3 rings (SSSR count). The molecule has 2 aromatic heterocycles. The van der Waals surface area contributed by atoms with Crippen molar-refractivity contribution in [3.63, 3.8) is 0 Å². The number of amides is 1. The maximum atomic E-state index is 12.2. The van der Waals surface area contributed by atoms with Crippen molar-refractivity contribution in [1.29, 1.82) is 0 Å². The number of aromatic nitrogens is 2. The molecule has 0 aliphatic heterocycles. The van der Waals surface area contributed by atoms with E-state index in [4.69, 9.17) is 9.26 Å². The number of nitrogens with one attached hydrogen (secondary N) is 1. The van der Waals surface area contributed by atoms with Crippen molar-refractivity contribution >= 4 is 17.2 Å². The third kappa shape index (κ3) is 4.49. The summed E-state index contributed by atoms with van der Waals surface area (Å²) in [5, 5.41) is 8.95. The molecule has 3 aromatic rings. The summed E-state index contributed by atoms with van der Waals surface area (Å²) in [5.41, 5.74) is 0.959. The van der Waals surface area contributed by atoms with E-state index in [2.05, 4.69) is 15.5 Å². The molecular weight excluding hydrogens is 350 g/mol. The van der Waals surface area contributed by atoms with Gasteiger partial charge in [-0.3, -0.25) is 4.79 Å². The molecule has 6 nitrogen and oxygen atoms in total. The van der Waals surface area contributed by atoms with Crippen LogP contribution in [0.3, 0.4) is 0 Å². The molecule has 136 valence electrons. The number of carbonyl (C=O) groups is 1. The fourth-order valence-corrected chi connectivity index (χ4v) is 3.33. The van der Waals surface area contributed by atoms with E-state index in [9.17, 15) is 4.79 Å². The summed E-state index contributed by atoms with van der Waals surface area (Å²) in [6.07, 6.45) is 1.63. The van der Waals surface area contributed by atoms with E-state index in [0.717, 1.165) is 16.2 Å². The Morgan fingerprint density at radius 1 is 1.31 bits per heavy atom. The summed E-state index contributed by atoms with van der Waals surface area (Å²) >= 11 is 1.57. The normalized spacial score (nSPS) is 11.9.